The van der Waals surface area contributed by atoms with E-state index in [0.717, 1.165) is 12.0 Å². The van der Waals surface area contributed by atoms with Crippen molar-refractivity contribution >= 4 is 79.7 Å². The molecule has 6 heterocycles. The van der Waals surface area contributed by atoms with Crippen molar-refractivity contribution in [2.24, 2.45) is 15.9 Å². The second kappa shape index (κ2) is 16.2. The van der Waals surface area contributed by atoms with Gasteiger partial charge in [-0.25, -0.2) is 20.0 Å². The van der Waals surface area contributed by atoms with E-state index in [1.165, 1.54) is 44.3 Å². The van der Waals surface area contributed by atoms with Crippen LogP contribution in [0, 0.1) is 5.92 Å². The summed E-state index contributed by atoms with van der Waals surface area (Å²) in [4.78, 5) is 74.1. The average molecular weight is 797 g/mol. The van der Waals surface area contributed by atoms with Crippen LogP contribution in [0.2, 0.25) is 0 Å². The minimum absolute atomic E-state index is 0.00331. The highest BCUT2D eigenvalue weighted by molar-refractivity contribution is 8.76. The molecule has 3 aromatic rings. The number of hydrogen-bond acceptors (Lipinski definition) is 14. The number of aromatic nitrogens is 2. The first-order valence-corrected chi connectivity index (χ1v) is 21.7. The smallest absolute Gasteiger partial charge is 0.271 e. The van der Waals surface area contributed by atoms with Gasteiger partial charge in [-0.15, -0.1) is 22.7 Å². The Labute approximate surface area is 322 Å². The summed E-state index contributed by atoms with van der Waals surface area (Å²) in [7, 11) is 2.85. The Kier molecular flexibility index (Phi) is 11.4. The van der Waals surface area contributed by atoms with Crippen LogP contribution in [0.1, 0.15) is 82.8 Å². The zero-order chi connectivity index (χ0) is 37.2. The van der Waals surface area contributed by atoms with Crippen LogP contribution < -0.4 is 21.3 Å². The van der Waals surface area contributed by atoms with Crippen molar-refractivity contribution in [3.05, 3.63) is 68.1 Å². The number of ether oxygens (including phenoxy) is 2. The summed E-state index contributed by atoms with van der Waals surface area (Å²) in [6.45, 7) is 7.59. The van der Waals surface area contributed by atoms with Crippen LogP contribution >= 0.6 is 44.3 Å². The molecule has 0 fully saturated rings. The van der Waals surface area contributed by atoms with Crippen LogP contribution in [-0.2, 0) is 25.5 Å². The van der Waals surface area contributed by atoms with E-state index >= 15 is 0 Å². The van der Waals surface area contributed by atoms with E-state index in [9.17, 15) is 19.2 Å². The molecule has 1 unspecified atom stereocenters. The molecule has 0 spiro atoms. The lowest BCUT2D eigenvalue weighted by Crippen LogP contribution is -2.44. The summed E-state index contributed by atoms with van der Waals surface area (Å²) in [5.41, 5.74) is 1.36. The van der Waals surface area contributed by atoms with E-state index in [0.29, 0.717) is 27.9 Å². The Morgan fingerprint density at radius 2 is 1.28 bits per heavy atom. The van der Waals surface area contributed by atoms with Crippen LogP contribution in [0.3, 0.4) is 0 Å². The van der Waals surface area contributed by atoms with E-state index in [2.05, 4.69) is 26.3 Å². The van der Waals surface area contributed by atoms with E-state index in [4.69, 9.17) is 24.4 Å². The maximum Gasteiger partial charge on any atom is 0.271 e. The van der Waals surface area contributed by atoms with Gasteiger partial charge < -0.3 is 30.7 Å². The summed E-state index contributed by atoms with van der Waals surface area (Å²) in [5.74, 6) is -0.444. The minimum atomic E-state index is -0.886. The van der Waals surface area contributed by atoms with Gasteiger partial charge in [0.2, 0.25) is 23.6 Å². The Bertz CT molecular complexity index is 1920. The molecule has 4 N–H and O–H groups in total. The molecule has 4 amide bonds. The molecule has 7 rings (SSSR count). The molecule has 10 bridgehead atoms. The number of hydrogen-bond donors (Lipinski definition) is 4. The Hall–Kier alpha value is -4.00. The fourth-order valence-electron chi connectivity index (χ4n) is 6.30. The highest BCUT2D eigenvalue weighted by Gasteiger charge is 2.41. The molecule has 280 valence electrons. The fourth-order valence-corrected chi connectivity index (χ4v) is 10.4. The number of aliphatic imine (C=N–C) groups is 2. The maximum absolute atomic E-state index is 13.9. The number of rotatable bonds is 4. The Morgan fingerprint density at radius 1 is 0.755 bits per heavy atom. The third kappa shape index (κ3) is 8.24. The van der Waals surface area contributed by atoms with Crippen molar-refractivity contribution in [3.63, 3.8) is 0 Å². The molecule has 18 heteroatoms. The molecular formula is C35H40N8O6S4. The lowest BCUT2D eigenvalue weighted by molar-refractivity contribution is -0.125. The number of thiazole rings is 2. The summed E-state index contributed by atoms with van der Waals surface area (Å²) in [6.07, 6.45) is -0.0338. The van der Waals surface area contributed by atoms with Crippen LogP contribution in [0.25, 0.3) is 0 Å². The standard InChI is InChI=1S/C35H40N8O6S4/c1-5-16(2)25-35-40-22(13-51-35)29(45)38-23-14-52-53-15-24(33-43-27(18(4)49-33)31(47)41-25)37-28(44)21-12-50-34(39-21)20(11-19-9-7-6-8-10-19)36-30(46)26-17(3)48-32(23)42-26/h6-10,12-13,16-18,20,23-27H,5,11,14-15H2,1-4H3,(H,36,46)(H,37,44)(H,38,45)(H,41,47)/t16?,17-,18-,20-,23+,24+,25-,26+,27+/m1/s1. The fraction of sp³-hybridized carbons (Fsp3) is 0.486. The largest absolute Gasteiger partial charge is 0.474 e. The van der Waals surface area contributed by atoms with Crippen molar-refractivity contribution in [3.8, 4) is 0 Å². The van der Waals surface area contributed by atoms with Gasteiger partial charge in [-0.3, -0.25) is 19.2 Å². The van der Waals surface area contributed by atoms with Gasteiger partial charge in [0.25, 0.3) is 11.8 Å². The van der Waals surface area contributed by atoms with Gasteiger partial charge in [-0.1, -0.05) is 72.2 Å². The third-order valence-corrected chi connectivity index (χ3v) is 13.8. The number of carbonyl (C=O) groups excluding carboxylic acids is 4. The molecule has 53 heavy (non-hydrogen) atoms. The first kappa shape index (κ1) is 37.3. The molecule has 0 saturated carbocycles. The van der Waals surface area contributed by atoms with Gasteiger partial charge in [-0.2, -0.15) is 0 Å². The van der Waals surface area contributed by atoms with Gasteiger partial charge in [0.1, 0.15) is 45.7 Å². The summed E-state index contributed by atoms with van der Waals surface area (Å²) in [5, 5.41) is 16.8. The normalized spacial score (nSPS) is 29.8. The van der Waals surface area contributed by atoms with Gasteiger partial charge in [-0.05, 0) is 31.7 Å². The van der Waals surface area contributed by atoms with Crippen molar-refractivity contribution in [1.82, 2.24) is 31.2 Å². The van der Waals surface area contributed by atoms with Crippen LogP contribution in [0.15, 0.2) is 51.1 Å². The number of nitrogens with zero attached hydrogens (tertiary/aromatic N) is 4. The molecule has 4 aliphatic heterocycles. The molecular weight excluding hydrogens is 757 g/mol. The van der Waals surface area contributed by atoms with Crippen LogP contribution in [-0.4, -0.2) is 93.3 Å². The molecule has 0 radical (unpaired) electrons. The van der Waals surface area contributed by atoms with E-state index in [1.54, 1.807) is 24.6 Å². The zero-order valence-corrected chi connectivity index (χ0v) is 32.7. The number of amides is 4. The van der Waals surface area contributed by atoms with Crippen molar-refractivity contribution in [2.75, 3.05) is 11.5 Å². The van der Waals surface area contributed by atoms with Gasteiger partial charge in [0.15, 0.2) is 12.1 Å². The van der Waals surface area contributed by atoms with E-state index < -0.39 is 60.3 Å². The number of benzene rings is 1. The van der Waals surface area contributed by atoms with Crippen molar-refractivity contribution in [2.45, 2.75) is 89.0 Å². The monoisotopic (exact) mass is 796 g/mol. The van der Waals surface area contributed by atoms with Crippen molar-refractivity contribution in [1.29, 1.82) is 0 Å². The lowest BCUT2D eigenvalue weighted by atomic mass is 9.99. The molecule has 9 atom stereocenters. The first-order valence-electron chi connectivity index (χ1n) is 17.5. The second-order valence-electron chi connectivity index (χ2n) is 13.4. The number of carbonyl (C=O) groups is 4. The SMILES string of the molecule is CCC(C)[C@H]1NC(=O)[C@H]2N=C(O[C@@H]2C)[C@@H]2CSSC[C@H](NC(=O)c3csc1n3)C1=N[C@H](C(=O)N[C@H](Cc3ccccc3)c3nc(cs3)C(=O)N2)[C@@H](C)O1. The van der Waals surface area contributed by atoms with Gasteiger partial charge in [0.05, 0.1) is 12.1 Å². The topological polar surface area (TPSA) is 185 Å². The average Bonchev–Trinajstić information content (AvgIpc) is 3.97. The van der Waals surface area contributed by atoms with Crippen LogP contribution in [0.4, 0.5) is 0 Å². The van der Waals surface area contributed by atoms with E-state index in [1.807, 2.05) is 44.2 Å². The van der Waals surface area contributed by atoms with E-state index in [-0.39, 0.29) is 40.9 Å². The summed E-state index contributed by atoms with van der Waals surface area (Å²) >= 11 is 2.57. The Balaban J connectivity index is 1.29. The first-order chi connectivity index (χ1) is 25.6. The van der Waals surface area contributed by atoms with Gasteiger partial charge >= 0.3 is 0 Å². The summed E-state index contributed by atoms with van der Waals surface area (Å²) in [6, 6.07) is 5.49. The zero-order valence-electron chi connectivity index (χ0n) is 29.4. The van der Waals surface area contributed by atoms with Crippen molar-refractivity contribution < 1.29 is 28.7 Å². The molecule has 1 aromatic carbocycles. The molecule has 0 saturated heterocycles. The predicted molar refractivity (Wildman–Crippen MR) is 207 cm³/mol. The Morgan fingerprint density at radius 3 is 1.85 bits per heavy atom. The molecule has 2 aromatic heterocycles. The van der Waals surface area contributed by atoms with Crippen LogP contribution in [0.5, 0.6) is 0 Å². The maximum atomic E-state index is 13.9. The lowest BCUT2D eigenvalue weighted by Gasteiger charge is -2.24. The highest BCUT2D eigenvalue weighted by atomic mass is 33.1. The number of fused-ring (bicyclic) bond motifs is 13. The predicted octanol–water partition coefficient (Wildman–Crippen LogP) is 3.88. The van der Waals surface area contributed by atoms with Gasteiger partial charge in [0, 0.05) is 22.3 Å². The third-order valence-electron chi connectivity index (χ3n) is 9.52. The second-order valence-corrected chi connectivity index (χ2v) is 17.7. The quantitative estimate of drug-likeness (QED) is 0.283. The number of nitrogens with one attached hydrogen (secondary N) is 4. The molecule has 4 aliphatic rings. The highest BCUT2D eigenvalue weighted by Crippen LogP contribution is 2.31. The summed E-state index contributed by atoms with van der Waals surface area (Å²) < 4.78 is 12.4. The molecule has 14 nitrogen and oxygen atoms in total. The molecule has 0 aliphatic carbocycles. The minimum Gasteiger partial charge on any atom is -0.474 e.